The first kappa shape index (κ1) is 12.9. The van der Waals surface area contributed by atoms with Gasteiger partial charge in [-0.15, -0.1) is 0 Å². The molecule has 98 valence electrons. The van der Waals surface area contributed by atoms with E-state index in [-0.39, 0.29) is 0 Å². The molecule has 1 aromatic carbocycles. The van der Waals surface area contributed by atoms with Gasteiger partial charge >= 0.3 is 0 Å². The molecular formula is C13H20N4O. The van der Waals surface area contributed by atoms with Crippen molar-refractivity contribution in [2.45, 2.75) is 18.9 Å². The van der Waals surface area contributed by atoms with Crippen LogP contribution in [0, 0.1) is 0 Å². The van der Waals surface area contributed by atoms with Crippen LogP contribution < -0.4 is 11.3 Å². The van der Waals surface area contributed by atoms with Crippen LogP contribution in [0.3, 0.4) is 0 Å². The number of nitrogens with two attached hydrogens (primary N) is 1. The summed E-state index contributed by atoms with van der Waals surface area (Å²) in [5.74, 6) is 6.30. The summed E-state index contributed by atoms with van der Waals surface area (Å²) in [5, 5.41) is 0. The van der Waals surface area contributed by atoms with Gasteiger partial charge in [-0.2, -0.15) is 0 Å². The van der Waals surface area contributed by atoms with Crippen LogP contribution in [-0.4, -0.2) is 37.2 Å². The van der Waals surface area contributed by atoms with Crippen LogP contribution >= 0.6 is 0 Å². The molecule has 0 heterocycles. The number of hydrogen-bond acceptors (Lipinski definition) is 3. The van der Waals surface area contributed by atoms with Crippen LogP contribution in [0.5, 0.6) is 0 Å². The Morgan fingerprint density at radius 2 is 2.17 bits per heavy atom. The highest BCUT2D eigenvalue weighted by atomic mass is 16.5. The molecule has 0 saturated heterocycles. The Morgan fingerprint density at radius 1 is 1.44 bits per heavy atom. The number of methoxy groups -OCH3 is 1. The lowest BCUT2D eigenvalue weighted by Crippen LogP contribution is -2.47. The van der Waals surface area contributed by atoms with Crippen LogP contribution in [0.4, 0.5) is 5.69 Å². The van der Waals surface area contributed by atoms with E-state index in [0.717, 1.165) is 12.2 Å². The third-order valence-electron chi connectivity index (χ3n) is 2.92. The number of hydrazine groups is 1. The quantitative estimate of drug-likeness (QED) is 0.356. The van der Waals surface area contributed by atoms with Gasteiger partial charge in [0.15, 0.2) is 0 Å². The van der Waals surface area contributed by atoms with Gasteiger partial charge < -0.3 is 9.64 Å². The first-order valence-electron chi connectivity index (χ1n) is 6.21. The van der Waals surface area contributed by atoms with Gasteiger partial charge in [0.1, 0.15) is 0 Å². The van der Waals surface area contributed by atoms with E-state index in [1.165, 1.54) is 12.8 Å². The summed E-state index contributed by atoms with van der Waals surface area (Å²) in [7, 11) is 1.70. The van der Waals surface area contributed by atoms with Crippen LogP contribution in [0.1, 0.15) is 12.8 Å². The molecular weight excluding hydrogens is 228 g/mol. The number of nitrogens with one attached hydrogen (secondary N) is 1. The van der Waals surface area contributed by atoms with Crippen molar-refractivity contribution in [1.29, 1.82) is 0 Å². The highest BCUT2D eigenvalue weighted by Gasteiger charge is 2.30. The van der Waals surface area contributed by atoms with E-state index < -0.39 is 0 Å². The lowest BCUT2D eigenvalue weighted by atomic mass is 10.3. The van der Waals surface area contributed by atoms with Gasteiger partial charge in [-0.25, -0.2) is 10.8 Å². The molecule has 0 radical (unpaired) electrons. The molecule has 1 aromatic rings. The van der Waals surface area contributed by atoms with Gasteiger partial charge in [0, 0.05) is 19.7 Å². The van der Waals surface area contributed by atoms with Crippen molar-refractivity contribution in [1.82, 2.24) is 10.3 Å². The molecule has 0 amide bonds. The monoisotopic (exact) mass is 248 g/mol. The average Bonchev–Trinajstić information content (AvgIpc) is 3.23. The van der Waals surface area contributed by atoms with Gasteiger partial charge in [0.25, 0.3) is 0 Å². The Hall–Kier alpha value is -1.59. The Kier molecular flexibility index (Phi) is 4.55. The van der Waals surface area contributed by atoms with Gasteiger partial charge in [-0.3, -0.25) is 5.43 Å². The predicted octanol–water partition coefficient (Wildman–Crippen LogP) is 1.25. The molecule has 0 bridgehead atoms. The first-order chi connectivity index (χ1) is 8.85. The second-order valence-electron chi connectivity index (χ2n) is 4.33. The molecule has 5 nitrogen and oxygen atoms in total. The zero-order chi connectivity index (χ0) is 12.8. The smallest absolute Gasteiger partial charge is 0.213 e. The van der Waals surface area contributed by atoms with Crippen molar-refractivity contribution in [2.24, 2.45) is 10.8 Å². The largest absolute Gasteiger partial charge is 0.383 e. The summed E-state index contributed by atoms with van der Waals surface area (Å²) in [6.07, 6.45) is 2.39. The summed E-state index contributed by atoms with van der Waals surface area (Å²) in [4.78, 5) is 6.72. The Bertz CT molecular complexity index is 389. The number of para-hydroxylation sites is 1. The van der Waals surface area contributed by atoms with E-state index in [1.54, 1.807) is 7.11 Å². The molecule has 3 N–H and O–H groups in total. The van der Waals surface area contributed by atoms with Crippen molar-refractivity contribution in [3.63, 3.8) is 0 Å². The van der Waals surface area contributed by atoms with Crippen molar-refractivity contribution < 1.29 is 4.74 Å². The first-order valence-corrected chi connectivity index (χ1v) is 6.21. The minimum Gasteiger partial charge on any atom is -0.383 e. The summed E-state index contributed by atoms with van der Waals surface area (Å²) in [5.41, 5.74) is 3.60. The van der Waals surface area contributed by atoms with Gasteiger partial charge in [-0.05, 0) is 25.0 Å². The van der Waals surface area contributed by atoms with Crippen LogP contribution in [-0.2, 0) is 4.74 Å². The maximum Gasteiger partial charge on any atom is 0.213 e. The Morgan fingerprint density at radius 3 is 2.72 bits per heavy atom. The molecule has 0 spiro atoms. The van der Waals surface area contributed by atoms with Crippen molar-refractivity contribution in [2.75, 3.05) is 20.3 Å². The summed E-state index contributed by atoms with van der Waals surface area (Å²) in [6.45, 7) is 1.48. The molecule has 0 aromatic heterocycles. The molecule has 0 aliphatic heterocycles. The SMILES string of the molecule is COCCN(C(=Nc1ccccc1)NN)C1CC1. The van der Waals surface area contributed by atoms with Crippen LogP contribution in [0.15, 0.2) is 35.3 Å². The highest BCUT2D eigenvalue weighted by molar-refractivity contribution is 5.82. The lowest BCUT2D eigenvalue weighted by Gasteiger charge is -2.25. The average molecular weight is 248 g/mol. The van der Waals surface area contributed by atoms with E-state index in [1.807, 2.05) is 30.3 Å². The molecule has 1 aliphatic carbocycles. The molecule has 0 unspecified atom stereocenters. The van der Waals surface area contributed by atoms with Crippen LogP contribution in [0.2, 0.25) is 0 Å². The van der Waals surface area contributed by atoms with E-state index in [4.69, 9.17) is 10.6 Å². The van der Waals surface area contributed by atoms with Crippen molar-refractivity contribution in [3.05, 3.63) is 30.3 Å². The number of benzene rings is 1. The Balaban J connectivity index is 2.11. The van der Waals surface area contributed by atoms with Gasteiger partial charge in [-0.1, -0.05) is 18.2 Å². The molecule has 5 heteroatoms. The molecule has 2 rings (SSSR count). The van der Waals surface area contributed by atoms with Crippen molar-refractivity contribution in [3.8, 4) is 0 Å². The fourth-order valence-electron chi connectivity index (χ4n) is 1.84. The third kappa shape index (κ3) is 3.45. The third-order valence-corrected chi connectivity index (χ3v) is 2.92. The number of nitrogens with zero attached hydrogens (tertiary/aromatic N) is 2. The zero-order valence-corrected chi connectivity index (χ0v) is 10.7. The topological polar surface area (TPSA) is 62.9 Å². The number of aliphatic imine (C=N–C) groups is 1. The van der Waals surface area contributed by atoms with Gasteiger partial charge in [0.05, 0.1) is 12.3 Å². The van der Waals surface area contributed by atoms with E-state index in [9.17, 15) is 0 Å². The lowest BCUT2D eigenvalue weighted by molar-refractivity contribution is 0.172. The van der Waals surface area contributed by atoms with E-state index in [2.05, 4.69) is 15.3 Å². The number of ether oxygens (including phenoxy) is 1. The van der Waals surface area contributed by atoms with E-state index >= 15 is 0 Å². The van der Waals surface area contributed by atoms with Crippen LogP contribution in [0.25, 0.3) is 0 Å². The number of hydrogen-bond donors (Lipinski definition) is 2. The predicted molar refractivity (Wildman–Crippen MR) is 72.5 cm³/mol. The van der Waals surface area contributed by atoms with E-state index in [0.29, 0.717) is 18.6 Å². The summed E-state index contributed by atoms with van der Waals surface area (Å²) >= 11 is 0. The summed E-state index contributed by atoms with van der Waals surface area (Å²) < 4.78 is 5.13. The minimum atomic E-state index is 0.540. The second kappa shape index (κ2) is 6.37. The maximum atomic E-state index is 5.60. The van der Waals surface area contributed by atoms with Gasteiger partial charge in [0.2, 0.25) is 5.96 Å². The zero-order valence-electron chi connectivity index (χ0n) is 10.7. The Labute approximate surface area is 108 Å². The highest BCUT2D eigenvalue weighted by Crippen LogP contribution is 2.27. The fraction of sp³-hybridized carbons (Fsp3) is 0.462. The number of guanidine groups is 1. The normalized spacial score (nSPS) is 15.6. The number of rotatable bonds is 5. The molecule has 18 heavy (non-hydrogen) atoms. The molecule has 1 aliphatic rings. The molecule has 1 fully saturated rings. The molecule has 1 saturated carbocycles. The van der Waals surface area contributed by atoms with Crippen molar-refractivity contribution >= 4 is 11.6 Å². The fourth-order valence-corrected chi connectivity index (χ4v) is 1.84. The summed E-state index contributed by atoms with van der Waals surface area (Å²) in [6, 6.07) is 10.3. The second-order valence-corrected chi connectivity index (χ2v) is 4.33. The molecule has 0 atom stereocenters. The maximum absolute atomic E-state index is 5.60. The minimum absolute atomic E-state index is 0.540. The standard InChI is InChI=1S/C13H20N4O/c1-18-10-9-17(12-7-8-12)13(16-14)15-11-5-3-2-4-6-11/h2-6,12H,7-10,14H2,1H3,(H,15,16).